The molecule has 6 N–H and O–H groups in total. The molecule has 3 aliphatic heterocycles. The van der Waals surface area contributed by atoms with Crippen molar-refractivity contribution in [2.24, 2.45) is 17.8 Å². The van der Waals surface area contributed by atoms with Gasteiger partial charge in [0.1, 0.15) is 42.3 Å². The van der Waals surface area contributed by atoms with Gasteiger partial charge in [0.15, 0.2) is 0 Å². The van der Waals surface area contributed by atoms with E-state index < -0.39 is 90.3 Å². The number of benzene rings is 1. The Kier molecular flexibility index (Phi) is 15.6. The average Bonchev–Trinajstić information content (AvgIpc) is 3.87. The predicted octanol–water partition coefficient (Wildman–Crippen LogP) is 0.779. The first kappa shape index (κ1) is 43.2. The lowest BCUT2D eigenvalue weighted by atomic mass is 9.95. The van der Waals surface area contributed by atoms with E-state index in [1.165, 1.54) is 9.80 Å². The van der Waals surface area contributed by atoms with Gasteiger partial charge < -0.3 is 41.5 Å². The summed E-state index contributed by atoms with van der Waals surface area (Å²) in [5.74, 6) is -4.82. The number of nitrogens with zero attached hydrogens (tertiary/aromatic N) is 2. The Morgan fingerprint density at radius 2 is 1.11 bits per heavy atom. The molecule has 0 saturated carbocycles. The van der Waals surface area contributed by atoms with E-state index in [1.54, 1.807) is 31.2 Å². The minimum Gasteiger partial charge on any atom is -0.394 e. The molecule has 304 valence electrons. The molecule has 55 heavy (non-hydrogen) atoms. The molecule has 15 nitrogen and oxygen atoms in total. The Balaban J connectivity index is 1.77. The molecule has 1 aromatic carbocycles. The zero-order chi connectivity index (χ0) is 40.4. The van der Waals surface area contributed by atoms with Gasteiger partial charge in [-0.3, -0.25) is 33.6 Å². The van der Waals surface area contributed by atoms with Gasteiger partial charge in [-0.2, -0.15) is 0 Å². The third kappa shape index (κ3) is 10.8. The van der Waals surface area contributed by atoms with Crippen molar-refractivity contribution >= 4 is 41.4 Å². The molecule has 0 aliphatic carbocycles. The summed E-state index contributed by atoms with van der Waals surface area (Å²) in [6.45, 7) is 10.9. The summed E-state index contributed by atoms with van der Waals surface area (Å²) >= 11 is 0. The van der Waals surface area contributed by atoms with Crippen LogP contribution in [0.5, 0.6) is 0 Å². The van der Waals surface area contributed by atoms with Crippen molar-refractivity contribution in [3.63, 3.8) is 0 Å². The van der Waals surface area contributed by atoms with E-state index in [0.29, 0.717) is 44.1 Å². The lowest BCUT2D eigenvalue weighted by molar-refractivity contribution is -0.145. The molecule has 0 aromatic heterocycles. The smallest absolute Gasteiger partial charge is 0.248 e. The maximum absolute atomic E-state index is 14.2. The topological polar surface area (TPSA) is 206 Å². The minimum absolute atomic E-state index is 0.0241. The summed E-state index contributed by atoms with van der Waals surface area (Å²) in [5.41, 5.74) is 0.715. The van der Waals surface area contributed by atoms with Crippen molar-refractivity contribution < 1.29 is 38.7 Å². The third-order valence-electron chi connectivity index (χ3n) is 11.3. The summed E-state index contributed by atoms with van der Waals surface area (Å²) in [5, 5.41) is 24.4. The number of fused-ring (bicyclic) bond motifs is 2. The lowest BCUT2D eigenvalue weighted by Crippen LogP contribution is -2.61. The van der Waals surface area contributed by atoms with Crippen LogP contribution < -0.4 is 26.6 Å². The highest BCUT2D eigenvalue weighted by Crippen LogP contribution is 2.24. The van der Waals surface area contributed by atoms with Crippen molar-refractivity contribution in [3.8, 4) is 0 Å². The second-order valence-corrected chi connectivity index (χ2v) is 15.8. The van der Waals surface area contributed by atoms with Gasteiger partial charge in [-0.15, -0.1) is 0 Å². The molecule has 3 aliphatic rings. The molecule has 3 saturated heterocycles. The Bertz CT molecular complexity index is 1540. The van der Waals surface area contributed by atoms with Crippen molar-refractivity contribution in [2.45, 2.75) is 135 Å². The van der Waals surface area contributed by atoms with Gasteiger partial charge >= 0.3 is 0 Å². The number of hydrogen-bond acceptors (Lipinski definition) is 8. The van der Waals surface area contributed by atoms with E-state index in [2.05, 4.69) is 26.6 Å². The van der Waals surface area contributed by atoms with Crippen LogP contribution in [-0.4, -0.2) is 118 Å². The van der Waals surface area contributed by atoms with Crippen molar-refractivity contribution in [3.05, 3.63) is 35.9 Å². The van der Waals surface area contributed by atoms with Crippen molar-refractivity contribution in [2.75, 3.05) is 19.7 Å². The number of hydrogen-bond donors (Lipinski definition) is 6. The molecule has 15 heteroatoms. The highest BCUT2D eigenvalue weighted by molar-refractivity contribution is 5.99. The molecule has 9 atom stereocenters. The maximum atomic E-state index is 14.2. The Hall–Kier alpha value is -4.53. The number of aliphatic hydroxyl groups is 1. The highest BCUT2D eigenvalue weighted by atomic mass is 16.3. The normalized spacial score (nSPS) is 28.9. The van der Waals surface area contributed by atoms with E-state index in [1.807, 2.05) is 40.7 Å². The fraction of sp³-hybridized carbons (Fsp3) is 0.675. The van der Waals surface area contributed by atoms with Crippen LogP contribution in [0, 0.1) is 17.8 Å². The van der Waals surface area contributed by atoms with Gasteiger partial charge in [0, 0.05) is 19.5 Å². The minimum atomic E-state index is -1.43. The first-order valence-electron chi connectivity index (χ1n) is 20.0. The van der Waals surface area contributed by atoms with Gasteiger partial charge in [0.25, 0.3) is 0 Å². The van der Waals surface area contributed by atoms with E-state index >= 15 is 0 Å². The fourth-order valence-corrected chi connectivity index (χ4v) is 7.62. The van der Waals surface area contributed by atoms with Crippen LogP contribution in [0.3, 0.4) is 0 Å². The summed E-state index contributed by atoms with van der Waals surface area (Å²) in [6, 6.07) is 1.36. The SMILES string of the molecule is CCC(C)[C@@H]1NC(=O)[C@H](CC(C)C)NC(=O)[C@@H]2CCCN2C(=O)[C@H](C(C)CC)NC(=O)[C@@H]2CCCN2C(=O)[C@H](CO)NC(=O)[C@H](Cc2ccccc2)NC1=O. The zero-order valence-corrected chi connectivity index (χ0v) is 33.1. The van der Waals surface area contributed by atoms with Crippen molar-refractivity contribution in [1.82, 2.24) is 36.4 Å². The first-order valence-corrected chi connectivity index (χ1v) is 20.0. The third-order valence-corrected chi connectivity index (χ3v) is 11.3. The summed E-state index contributed by atoms with van der Waals surface area (Å²) in [7, 11) is 0. The van der Waals surface area contributed by atoms with Gasteiger partial charge in [0.05, 0.1) is 6.61 Å². The van der Waals surface area contributed by atoms with Crippen LogP contribution in [0.25, 0.3) is 0 Å². The van der Waals surface area contributed by atoms with Crippen LogP contribution >= 0.6 is 0 Å². The second-order valence-electron chi connectivity index (χ2n) is 15.8. The molecule has 2 unspecified atom stereocenters. The monoisotopic (exact) mass is 767 g/mol. The molecule has 3 fully saturated rings. The summed E-state index contributed by atoms with van der Waals surface area (Å²) in [6.07, 6.45) is 3.03. The molecule has 7 amide bonds. The molecular formula is C40H61N7O8. The van der Waals surface area contributed by atoms with Crippen LogP contribution in [0.1, 0.15) is 92.1 Å². The Morgan fingerprint density at radius 3 is 1.67 bits per heavy atom. The number of amides is 7. The van der Waals surface area contributed by atoms with E-state index in [4.69, 9.17) is 0 Å². The Morgan fingerprint density at radius 1 is 0.618 bits per heavy atom. The van der Waals surface area contributed by atoms with Crippen LogP contribution in [0.4, 0.5) is 0 Å². The van der Waals surface area contributed by atoms with E-state index in [0.717, 1.165) is 0 Å². The van der Waals surface area contributed by atoms with Crippen LogP contribution in [0.2, 0.25) is 0 Å². The average molecular weight is 768 g/mol. The standard InChI is InChI=1S/C40H61N7O8/c1-7-24(5)32-38(53)42-28(21-26-14-10-9-11-15-26)34(49)43-29(22-48)39(54)46-18-12-17-31(46)37(52)45-33(25(6)8-2)40(55)47-19-13-16-30(47)36(51)41-27(20-23(3)4)35(50)44-32/h9-11,14-15,23-25,27-33,48H,7-8,12-13,16-22H2,1-6H3,(H,41,51)(H,42,53)(H,43,49)(H,44,50)(H,45,52)/t24?,25?,27-,28-,29-,30-,31-,32-,33-/m0/s1. The number of nitrogens with one attached hydrogen (secondary N) is 5. The lowest BCUT2D eigenvalue weighted by Gasteiger charge is -2.34. The zero-order valence-electron chi connectivity index (χ0n) is 33.1. The quantitative estimate of drug-likeness (QED) is 0.211. The molecule has 3 heterocycles. The molecule has 0 radical (unpaired) electrons. The number of aliphatic hydroxyl groups excluding tert-OH is 1. The molecule has 1 aromatic rings. The number of carbonyl (C=O) groups excluding carboxylic acids is 7. The van der Waals surface area contributed by atoms with Crippen LogP contribution in [-0.2, 0) is 40.0 Å². The number of rotatable bonds is 9. The second kappa shape index (κ2) is 19.9. The van der Waals surface area contributed by atoms with Gasteiger partial charge in [0.2, 0.25) is 41.4 Å². The maximum Gasteiger partial charge on any atom is 0.248 e. The number of carbonyl (C=O) groups is 7. The van der Waals surface area contributed by atoms with Gasteiger partial charge in [-0.25, -0.2) is 0 Å². The summed E-state index contributed by atoms with van der Waals surface area (Å²) < 4.78 is 0. The van der Waals surface area contributed by atoms with Gasteiger partial charge in [-0.05, 0) is 55.4 Å². The van der Waals surface area contributed by atoms with E-state index in [9.17, 15) is 38.7 Å². The fourth-order valence-electron chi connectivity index (χ4n) is 7.62. The first-order chi connectivity index (χ1) is 26.2. The molecular weight excluding hydrogens is 706 g/mol. The van der Waals surface area contributed by atoms with E-state index in [-0.39, 0.29) is 43.7 Å². The molecule has 0 bridgehead atoms. The molecule has 4 rings (SSSR count). The van der Waals surface area contributed by atoms with Gasteiger partial charge in [-0.1, -0.05) is 84.7 Å². The predicted molar refractivity (Wildman–Crippen MR) is 205 cm³/mol. The van der Waals surface area contributed by atoms with Crippen LogP contribution in [0.15, 0.2) is 30.3 Å². The summed E-state index contributed by atoms with van der Waals surface area (Å²) in [4.78, 5) is 101. The van der Waals surface area contributed by atoms with Crippen molar-refractivity contribution in [1.29, 1.82) is 0 Å². The largest absolute Gasteiger partial charge is 0.394 e. The molecule has 0 spiro atoms. The Labute approximate surface area is 324 Å². The highest BCUT2D eigenvalue weighted by Gasteiger charge is 2.44.